The second-order valence-corrected chi connectivity index (χ2v) is 5.77. The lowest BCUT2D eigenvalue weighted by molar-refractivity contribution is -0.128. The second-order valence-electron chi connectivity index (χ2n) is 5.77. The van der Waals surface area contributed by atoms with Crippen LogP contribution >= 0.6 is 0 Å². The Balaban J connectivity index is 2.15. The van der Waals surface area contributed by atoms with Gasteiger partial charge in [-0.1, -0.05) is 0 Å². The van der Waals surface area contributed by atoms with E-state index in [4.69, 9.17) is 4.74 Å². The summed E-state index contributed by atoms with van der Waals surface area (Å²) in [7, 11) is 0. The lowest BCUT2D eigenvalue weighted by Gasteiger charge is -2.33. The van der Waals surface area contributed by atoms with Gasteiger partial charge in [-0.3, -0.25) is 9.69 Å². The van der Waals surface area contributed by atoms with Gasteiger partial charge >= 0.3 is 6.09 Å². The molecule has 0 aromatic rings. The summed E-state index contributed by atoms with van der Waals surface area (Å²) in [4.78, 5) is 25.6. The first-order valence-corrected chi connectivity index (χ1v) is 6.14. The van der Waals surface area contributed by atoms with Crippen molar-refractivity contribution in [3.05, 3.63) is 0 Å². The molecule has 2 rings (SSSR count). The summed E-state index contributed by atoms with van der Waals surface area (Å²) in [6.45, 7) is 6.77. The van der Waals surface area contributed by atoms with E-state index < -0.39 is 11.1 Å². The van der Waals surface area contributed by atoms with Gasteiger partial charge in [-0.2, -0.15) is 0 Å². The van der Waals surface area contributed by atoms with E-state index >= 15 is 0 Å². The third-order valence-corrected chi connectivity index (χ3v) is 3.35. The number of carbonyl (C=O) groups excluding carboxylic acids is 2. The van der Waals surface area contributed by atoms with Gasteiger partial charge in [0.2, 0.25) is 5.91 Å². The van der Waals surface area contributed by atoms with E-state index in [0.29, 0.717) is 19.5 Å². The Morgan fingerprint density at radius 1 is 1.41 bits per heavy atom. The molecule has 96 valence electrons. The molecule has 2 amide bonds. The van der Waals surface area contributed by atoms with E-state index in [-0.39, 0.29) is 12.0 Å². The molecule has 2 fully saturated rings. The molecule has 17 heavy (non-hydrogen) atoms. The number of nitrogens with one attached hydrogen (secondary N) is 1. The van der Waals surface area contributed by atoms with Gasteiger partial charge in [0.1, 0.15) is 11.1 Å². The van der Waals surface area contributed by atoms with Gasteiger partial charge in [0.05, 0.1) is 0 Å². The van der Waals surface area contributed by atoms with Gasteiger partial charge in [0, 0.05) is 13.1 Å². The minimum atomic E-state index is -0.637. The molecule has 0 radical (unpaired) electrons. The van der Waals surface area contributed by atoms with E-state index in [1.54, 1.807) is 4.90 Å². The van der Waals surface area contributed by atoms with E-state index in [1.165, 1.54) is 0 Å². The molecule has 2 saturated heterocycles. The quantitative estimate of drug-likeness (QED) is 0.694. The van der Waals surface area contributed by atoms with E-state index in [9.17, 15) is 9.59 Å². The molecule has 1 N–H and O–H groups in total. The highest BCUT2D eigenvalue weighted by molar-refractivity contribution is 5.92. The van der Waals surface area contributed by atoms with Crippen molar-refractivity contribution in [3.63, 3.8) is 0 Å². The van der Waals surface area contributed by atoms with Crippen LogP contribution in [0.2, 0.25) is 0 Å². The van der Waals surface area contributed by atoms with Gasteiger partial charge in [-0.15, -0.1) is 0 Å². The fourth-order valence-corrected chi connectivity index (χ4v) is 2.62. The van der Waals surface area contributed by atoms with Crippen LogP contribution in [0.15, 0.2) is 0 Å². The van der Waals surface area contributed by atoms with Crippen LogP contribution in [0.1, 0.15) is 40.0 Å². The van der Waals surface area contributed by atoms with Crippen molar-refractivity contribution >= 4 is 12.0 Å². The van der Waals surface area contributed by atoms with Crippen LogP contribution in [0.5, 0.6) is 0 Å². The number of rotatable bonds is 0. The Kier molecular flexibility index (Phi) is 2.79. The van der Waals surface area contributed by atoms with Crippen molar-refractivity contribution in [2.75, 3.05) is 13.1 Å². The molecule has 2 aliphatic rings. The summed E-state index contributed by atoms with van der Waals surface area (Å²) >= 11 is 0. The molecule has 0 aromatic carbocycles. The molecule has 5 heteroatoms. The number of hydrogen-bond donors (Lipinski definition) is 1. The molecular weight excluding hydrogens is 220 g/mol. The summed E-state index contributed by atoms with van der Waals surface area (Å²) in [6, 6.07) is 0. The minimum absolute atomic E-state index is 0.0270. The minimum Gasteiger partial charge on any atom is -0.444 e. The van der Waals surface area contributed by atoms with E-state index in [2.05, 4.69) is 5.32 Å². The Hall–Kier alpha value is -1.26. The van der Waals surface area contributed by atoms with Gasteiger partial charge < -0.3 is 10.1 Å². The van der Waals surface area contributed by atoms with Gasteiger partial charge in [0.25, 0.3) is 0 Å². The summed E-state index contributed by atoms with van der Waals surface area (Å²) in [5.74, 6) is -0.0270. The molecule has 0 bridgehead atoms. The van der Waals surface area contributed by atoms with Crippen molar-refractivity contribution in [2.45, 2.75) is 51.2 Å². The molecule has 0 saturated carbocycles. The van der Waals surface area contributed by atoms with Crippen molar-refractivity contribution in [1.29, 1.82) is 0 Å². The third kappa shape index (κ3) is 2.10. The number of nitrogens with zero attached hydrogens (tertiary/aromatic N) is 1. The zero-order valence-electron chi connectivity index (χ0n) is 10.7. The van der Waals surface area contributed by atoms with Gasteiger partial charge in [-0.05, 0) is 40.0 Å². The van der Waals surface area contributed by atoms with Crippen LogP contribution in [0, 0.1) is 0 Å². The third-order valence-electron chi connectivity index (χ3n) is 3.35. The Morgan fingerprint density at radius 2 is 2.12 bits per heavy atom. The topological polar surface area (TPSA) is 58.6 Å². The van der Waals surface area contributed by atoms with Crippen LogP contribution in [0.3, 0.4) is 0 Å². The Labute approximate surface area is 101 Å². The standard InChI is InChI=1S/C12H20N2O3/c1-11(2,3)17-10(16)14-8-4-5-12(14)6-7-13-9(12)15/h4-8H2,1-3H3,(H,13,15). The summed E-state index contributed by atoms with van der Waals surface area (Å²) < 4.78 is 5.36. The van der Waals surface area contributed by atoms with Crippen LogP contribution in [0.4, 0.5) is 4.79 Å². The normalized spacial score (nSPS) is 28.6. The van der Waals surface area contributed by atoms with E-state index in [1.807, 2.05) is 20.8 Å². The van der Waals surface area contributed by atoms with Crippen LogP contribution < -0.4 is 5.32 Å². The largest absolute Gasteiger partial charge is 0.444 e. The number of ether oxygens (including phenoxy) is 1. The molecule has 2 aliphatic heterocycles. The van der Waals surface area contributed by atoms with Crippen molar-refractivity contribution in [3.8, 4) is 0 Å². The van der Waals surface area contributed by atoms with Crippen molar-refractivity contribution < 1.29 is 14.3 Å². The van der Waals surface area contributed by atoms with Crippen LogP contribution in [-0.4, -0.2) is 41.1 Å². The predicted molar refractivity (Wildman–Crippen MR) is 62.5 cm³/mol. The summed E-state index contributed by atoms with van der Waals surface area (Å²) in [6.07, 6.45) is 1.95. The number of hydrogen-bond acceptors (Lipinski definition) is 3. The predicted octanol–water partition coefficient (Wildman–Crippen LogP) is 1.28. The van der Waals surface area contributed by atoms with Crippen LogP contribution in [-0.2, 0) is 9.53 Å². The average molecular weight is 240 g/mol. The lowest BCUT2D eigenvalue weighted by atomic mass is 9.95. The average Bonchev–Trinajstić information content (AvgIpc) is 2.74. The fraction of sp³-hybridized carbons (Fsp3) is 0.833. The molecule has 2 heterocycles. The maximum absolute atomic E-state index is 12.1. The van der Waals surface area contributed by atoms with Crippen molar-refractivity contribution in [2.24, 2.45) is 0 Å². The monoisotopic (exact) mass is 240 g/mol. The maximum atomic E-state index is 12.1. The molecule has 1 unspecified atom stereocenters. The number of likely N-dealkylation sites (tertiary alicyclic amines) is 1. The van der Waals surface area contributed by atoms with Crippen LogP contribution in [0.25, 0.3) is 0 Å². The maximum Gasteiger partial charge on any atom is 0.411 e. The number of amides is 2. The van der Waals surface area contributed by atoms with Gasteiger partial charge in [-0.25, -0.2) is 4.79 Å². The molecular formula is C12H20N2O3. The van der Waals surface area contributed by atoms with Crippen molar-refractivity contribution in [1.82, 2.24) is 10.2 Å². The Morgan fingerprint density at radius 3 is 2.65 bits per heavy atom. The highest BCUT2D eigenvalue weighted by Gasteiger charge is 2.53. The molecule has 1 atom stereocenters. The lowest BCUT2D eigenvalue weighted by Crippen LogP contribution is -2.53. The first-order chi connectivity index (χ1) is 7.85. The Bertz CT molecular complexity index is 344. The highest BCUT2D eigenvalue weighted by atomic mass is 16.6. The highest BCUT2D eigenvalue weighted by Crippen LogP contribution is 2.36. The zero-order chi connectivity index (χ0) is 12.7. The van der Waals surface area contributed by atoms with Gasteiger partial charge in [0.15, 0.2) is 0 Å². The van der Waals surface area contributed by atoms with E-state index in [0.717, 1.165) is 12.8 Å². The molecule has 0 aliphatic carbocycles. The first-order valence-electron chi connectivity index (χ1n) is 6.14. The molecule has 1 spiro atoms. The molecule has 0 aromatic heterocycles. The fourth-order valence-electron chi connectivity index (χ4n) is 2.62. The summed E-state index contributed by atoms with van der Waals surface area (Å²) in [5.41, 5.74) is -1.15. The smallest absolute Gasteiger partial charge is 0.411 e. The molecule has 5 nitrogen and oxygen atoms in total. The first kappa shape index (κ1) is 12.2. The number of carbonyl (C=O) groups is 2. The summed E-state index contributed by atoms with van der Waals surface area (Å²) in [5, 5.41) is 2.81. The second kappa shape index (κ2) is 3.89. The SMILES string of the molecule is CC(C)(C)OC(=O)N1CCCC12CCNC2=O. The zero-order valence-corrected chi connectivity index (χ0v) is 10.7.